The number of anilines is 1. The molecule has 3 nitrogen and oxygen atoms in total. The molecule has 1 aromatic heterocycles. The van der Waals surface area contributed by atoms with Crippen LogP contribution in [-0.2, 0) is 0 Å². The van der Waals surface area contributed by atoms with Crippen LogP contribution in [0.1, 0.15) is 29.0 Å². The van der Waals surface area contributed by atoms with Gasteiger partial charge < -0.3 is 10.6 Å². The molecule has 0 saturated carbocycles. The second-order valence-electron chi connectivity index (χ2n) is 4.65. The molecule has 0 radical (unpaired) electrons. The molecule has 1 aromatic carbocycles. The molecular formula is C15H18N2OS. The second kappa shape index (κ2) is 5.89. The van der Waals surface area contributed by atoms with Gasteiger partial charge in [0.25, 0.3) is 0 Å². The van der Waals surface area contributed by atoms with Gasteiger partial charge in [0.1, 0.15) is 0 Å². The lowest BCUT2D eigenvalue weighted by molar-refractivity contribution is 0.249. The lowest BCUT2D eigenvalue weighted by Crippen LogP contribution is -2.31. The van der Waals surface area contributed by atoms with Gasteiger partial charge in [-0.25, -0.2) is 4.79 Å². The van der Waals surface area contributed by atoms with Crippen LogP contribution in [0, 0.1) is 13.8 Å². The number of carbonyl (C=O) groups is 1. The van der Waals surface area contributed by atoms with Gasteiger partial charge in [-0.05, 0) is 43.8 Å². The van der Waals surface area contributed by atoms with E-state index in [-0.39, 0.29) is 12.1 Å². The van der Waals surface area contributed by atoms with Gasteiger partial charge in [0.05, 0.1) is 6.04 Å². The summed E-state index contributed by atoms with van der Waals surface area (Å²) in [6, 6.07) is 9.83. The van der Waals surface area contributed by atoms with Crippen LogP contribution in [0.15, 0.2) is 35.7 Å². The molecule has 19 heavy (non-hydrogen) atoms. The third-order valence-electron chi connectivity index (χ3n) is 2.95. The summed E-state index contributed by atoms with van der Waals surface area (Å²) < 4.78 is 0. The van der Waals surface area contributed by atoms with Crippen molar-refractivity contribution in [3.8, 4) is 0 Å². The molecule has 1 atom stereocenters. The van der Waals surface area contributed by atoms with Crippen LogP contribution in [0.3, 0.4) is 0 Å². The number of rotatable bonds is 3. The molecule has 0 saturated heterocycles. The fourth-order valence-corrected chi connectivity index (χ4v) is 2.65. The summed E-state index contributed by atoms with van der Waals surface area (Å²) in [5, 5.41) is 7.83. The first-order valence-electron chi connectivity index (χ1n) is 6.24. The van der Waals surface area contributed by atoms with Crippen molar-refractivity contribution in [2.75, 3.05) is 5.32 Å². The Morgan fingerprint density at radius 2 is 2.05 bits per heavy atom. The largest absolute Gasteiger partial charge is 0.331 e. The van der Waals surface area contributed by atoms with Crippen LogP contribution >= 0.6 is 11.3 Å². The summed E-state index contributed by atoms with van der Waals surface area (Å²) in [6.07, 6.45) is 0. The summed E-state index contributed by atoms with van der Waals surface area (Å²) >= 11 is 1.64. The summed E-state index contributed by atoms with van der Waals surface area (Å²) in [5.41, 5.74) is 3.11. The van der Waals surface area contributed by atoms with Crippen molar-refractivity contribution in [1.29, 1.82) is 0 Å². The van der Waals surface area contributed by atoms with Gasteiger partial charge in [-0.15, -0.1) is 11.3 Å². The molecule has 0 bridgehead atoms. The molecule has 100 valence electrons. The Hall–Kier alpha value is -1.81. The molecule has 2 N–H and O–H groups in total. The third-order valence-corrected chi connectivity index (χ3v) is 4.00. The van der Waals surface area contributed by atoms with E-state index in [1.807, 2.05) is 50.4 Å². The van der Waals surface area contributed by atoms with E-state index in [0.29, 0.717) is 0 Å². The van der Waals surface area contributed by atoms with Crippen molar-refractivity contribution in [3.63, 3.8) is 0 Å². The van der Waals surface area contributed by atoms with E-state index in [0.717, 1.165) is 16.1 Å². The van der Waals surface area contributed by atoms with Gasteiger partial charge in [-0.1, -0.05) is 23.8 Å². The van der Waals surface area contributed by atoms with Gasteiger partial charge >= 0.3 is 6.03 Å². The van der Waals surface area contributed by atoms with Crippen molar-refractivity contribution in [2.45, 2.75) is 26.8 Å². The van der Waals surface area contributed by atoms with Crippen LogP contribution in [0.25, 0.3) is 0 Å². The number of urea groups is 1. The van der Waals surface area contributed by atoms with Crippen LogP contribution in [0.2, 0.25) is 0 Å². The van der Waals surface area contributed by atoms with Crippen LogP contribution in [-0.4, -0.2) is 6.03 Å². The summed E-state index contributed by atoms with van der Waals surface area (Å²) in [5.74, 6) is 0. The summed E-state index contributed by atoms with van der Waals surface area (Å²) in [7, 11) is 0. The standard InChI is InChI=1S/C15H18N2OS/c1-10-6-7-13(11(2)9-10)17-15(18)16-12(3)14-5-4-8-19-14/h4-9,12H,1-3H3,(H2,16,17,18). The minimum Gasteiger partial charge on any atom is -0.331 e. The first kappa shape index (κ1) is 13.6. The monoisotopic (exact) mass is 274 g/mol. The number of thiophene rings is 1. The maximum atomic E-state index is 11.9. The quantitative estimate of drug-likeness (QED) is 0.863. The Morgan fingerprint density at radius 3 is 2.68 bits per heavy atom. The number of hydrogen-bond donors (Lipinski definition) is 2. The Kier molecular flexibility index (Phi) is 4.22. The molecule has 0 aliphatic carbocycles. The Labute approximate surface area is 117 Å². The average molecular weight is 274 g/mol. The lowest BCUT2D eigenvalue weighted by Gasteiger charge is -2.14. The van der Waals surface area contributed by atoms with Crippen molar-refractivity contribution < 1.29 is 4.79 Å². The zero-order valence-corrected chi connectivity index (χ0v) is 12.2. The fraction of sp³-hybridized carbons (Fsp3) is 0.267. The molecule has 2 aromatic rings. The van der Waals surface area contributed by atoms with Crippen molar-refractivity contribution >= 4 is 23.1 Å². The molecule has 2 rings (SSSR count). The Bertz CT molecular complexity index is 564. The normalized spacial score (nSPS) is 11.9. The van der Waals surface area contributed by atoms with Crippen LogP contribution in [0.4, 0.5) is 10.5 Å². The topological polar surface area (TPSA) is 41.1 Å². The maximum Gasteiger partial charge on any atom is 0.319 e. The smallest absolute Gasteiger partial charge is 0.319 e. The zero-order valence-electron chi connectivity index (χ0n) is 11.4. The predicted octanol–water partition coefficient (Wildman–Crippen LogP) is 4.25. The number of nitrogens with one attached hydrogen (secondary N) is 2. The van der Waals surface area contributed by atoms with Gasteiger partial charge in [-0.3, -0.25) is 0 Å². The van der Waals surface area contributed by atoms with Crippen LogP contribution in [0.5, 0.6) is 0 Å². The van der Waals surface area contributed by atoms with Gasteiger partial charge in [-0.2, -0.15) is 0 Å². The van der Waals surface area contributed by atoms with E-state index in [2.05, 4.69) is 16.7 Å². The molecular weight excluding hydrogens is 256 g/mol. The van der Waals surface area contributed by atoms with Crippen molar-refractivity contribution in [3.05, 3.63) is 51.7 Å². The minimum atomic E-state index is -0.173. The van der Waals surface area contributed by atoms with Crippen molar-refractivity contribution in [1.82, 2.24) is 5.32 Å². The highest BCUT2D eigenvalue weighted by Crippen LogP contribution is 2.19. The average Bonchev–Trinajstić information content (AvgIpc) is 2.86. The SMILES string of the molecule is Cc1ccc(NC(=O)NC(C)c2cccs2)c(C)c1. The fourth-order valence-electron chi connectivity index (χ4n) is 1.92. The number of benzene rings is 1. The number of hydrogen-bond acceptors (Lipinski definition) is 2. The van der Waals surface area contributed by atoms with Gasteiger partial charge in [0.15, 0.2) is 0 Å². The number of amides is 2. The third kappa shape index (κ3) is 3.58. The highest BCUT2D eigenvalue weighted by Gasteiger charge is 2.10. The van der Waals surface area contributed by atoms with E-state index < -0.39 is 0 Å². The van der Waals surface area contributed by atoms with E-state index in [1.54, 1.807) is 11.3 Å². The highest BCUT2D eigenvalue weighted by atomic mass is 32.1. The Balaban J connectivity index is 1.98. The molecule has 1 heterocycles. The second-order valence-corrected chi connectivity index (χ2v) is 5.63. The number of aryl methyl sites for hydroxylation is 2. The van der Waals surface area contributed by atoms with Crippen molar-refractivity contribution in [2.24, 2.45) is 0 Å². The summed E-state index contributed by atoms with van der Waals surface area (Å²) in [6.45, 7) is 6.01. The lowest BCUT2D eigenvalue weighted by atomic mass is 10.1. The molecule has 0 aliphatic rings. The van der Waals surface area contributed by atoms with Crippen LogP contribution < -0.4 is 10.6 Å². The highest BCUT2D eigenvalue weighted by molar-refractivity contribution is 7.10. The number of carbonyl (C=O) groups excluding carboxylic acids is 1. The zero-order chi connectivity index (χ0) is 13.8. The maximum absolute atomic E-state index is 11.9. The summed E-state index contributed by atoms with van der Waals surface area (Å²) in [4.78, 5) is 13.1. The molecule has 2 amide bonds. The molecule has 0 aliphatic heterocycles. The Morgan fingerprint density at radius 1 is 1.26 bits per heavy atom. The van der Waals surface area contributed by atoms with Gasteiger partial charge in [0.2, 0.25) is 0 Å². The molecule has 0 spiro atoms. The molecule has 4 heteroatoms. The first-order valence-corrected chi connectivity index (χ1v) is 7.12. The van der Waals surface area contributed by atoms with E-state index in [4.69, 9.17) is 0 Å². The van der Waals surface area contributed by atoms with Gasteiger partial charge in [0, 0.05) is 10.6 Å². The molecule has 1 unspecified atom stereocenters. The van der Waals surface area contributed by atoms with E-state index in [1.165, 1.54) is 5.56 Å². The molecule has 0 fully saturated rings. The van der Waals surface area contributed by atoms with E-state index in [9.17, 15) is 4.79 Å². The predicted molar refractivity (Wildman–Crippen MR) is 80.8 cm³/mol. The minimum absolute atomic E-state index is 0.0192. The van der Waals surface area contributed by atoms with E-state index >= 15 is 0 Å². The first-order chi connectivity index (χ1) is 9.06.